The number of carbonyl (C=O) groups excluding carboxylic acids is 2. The highest BCUT2D eigenvalue weighted by Crippen LogP contribution is 2.43. The molecule has 1 aliphatic heterocycles. The molecule has 1 amide bonds. The van der Waals surface area contributed by atoms with Crippen molar-refractivity contribution in [1.82, 2.24) is 0 Å². The summed E-state index contributed by atoms with van der Waals surface area (Å²) in [5, 5.41) is 11.5. The molecule has 1 aliphatic rings. The molecule has 3 aromatic rings. The lowest BCUT2D eigenvalue weighted by atomic mass is 9.94. The zero-order valence-corrected chi connectivity index (χ0v) is 19.0. The number of amides is 1. The van der Waals surface area contributed by atoms with Crippen molar-refractivity contribution in [1.29, 1.82) is 0 Å². The summed E-state index contributed by atoms with van der Waals surface area (Å²) in [5.41, 5.74) is 0.482. The highest BCUT2D eigenvalue weighted by molar-refractivity contribution is 9.10. The SMILES string of the molecule is COc1ccc(/C(O)=C2\C(=O)C(=O)N(c3ccc(Cl)cc3)C2c2ccccc2F)cc1Br. The summed E-state index contributed by atoms with van der Waals surface area (Å²) in [6, 6.07) is 15.6. The Morgan fingerprint density at radius 2 is 1.78 bits per heavy atom. The summed E-state index contributed by atoms with van der Waals surface area (Å²) in [5.74, 6) is -2.31. The van der Waals surface area contributed by atoms with E-state index >= 15 is 0 Å². The molecule has 1 atom stereocenters. The first-order valence-electron chi connectivity index (χ1n) is 9.48. The van der Waals surface area contributed by atoms with E-state index in [-0.39, 0.29) is 16.7 Å². The maximum Gasteiger partial charge on any atom is 0.300 e. The van der Waals surface area contributed by atoms with Gasteiger partial charge in [-0.1, -0.05) is 29.8 Å². The number of methoxy groups -OCH3 is 1. The molecule has 3 aromatic carbocycles. The zero-order chi connectivity index (χ0) is 23.0. The zero-order valence-electron chi connectivity index (χ0n) is 16.7. The number of Topliss-reactive ketones (excluding diaryl/α,β-unsaturated/α-hetero) is 1. The third-order valence-corrected chi connectivity index (χ3v) is 6.05. The largest absolute Gasteiger partial charge is 0.507 e. The molecule has 0 aliphatic carbocycles. The maximum atomic E-state index is 14.9. The van der Waals surface area contributed by atoms with Crippen molar-refractivity contribution in [3.05, 3.63) is 98.7 Å². The van der Waals surface area contributed by atoms with Crippen LogP contribution >= 0.6 is 27.5 Å². The van der Waals surface area contributed by atoms with Gasteiger partial charge in [-0.05, 0) is 64.5 Å². The third-order valence-electron chi connectivity index (χ3n) is 5.17. The normalized spacial score (nSPS) is 17.6. The summed E-state index contributed by atoms with van der Waals surface area (Å²) in [6.45, 7) is 0. The van der Waals surface area contributed by atoms with Crippen LogP contribution in [0.2, 0.25) is 5.02 Å². The Labute approximate surface area is 196 Å². The number of rotatable bonds is 4. The van der Waals surface area contributed by atoms with E-state index in [1.165, 1.54) is 30.2 Å². The van der Waals surface area contributed by atoms with Crippen LogP contribution in [0.15, 0.2) is 76.8 Å². The second-order valence-electron chi connectivity index (χ2n) is 7.02. The first-order chi connectivity index (χ1) is 15.3. The first-order valence-corrected chi connectivity index (χ1v) is 10.7. The van der Waals surface area contributed by atoms with Crippen molar-refractivity contribution in [3.63, 3.8) is 0 Å². The standard InChI is InChI=1S/C24H16BrClFNO4/c1-32-19-11-6-13(12-17(19)25)22(29)20-21(16-4-2-3-5-18(16)27)28(24(31)23(20)30)15-9-7-14(26)8-10-15/h2-12,21,29H,1H3/b22-20+. The number of hydrogen-bond acceptors (Lipinski definition) is 4. The van der Waals surface area contributed by atoms with Gasteiger partial charge in [0, 0.05) is 21.8 Å². The Hall–Kier alpha value is -3.16. The fraction of sp³-hybridized carbons (Fsp3) is 0.0833. The molecule has 0 bridgehead atoms. The molecule has 32 heavy (non-hydrogen) atoms. The third kappa shape index (κ3) is 3.78. The van der Waals surface area contributed by atoms with E-state index in [1.54, 1.807) is 48.5 Å². The predicted octanol–water partition coefficient (Wildman–Crippen LogP) is 5.88. The van der Waals surface area contributed by atoms with Crippen LogP contribution in [0.1, 0.15) is 17.2 Å². The van der Waals surface area contributed by atoms with E-state index < -0.39 is 29.3 Å². The summed E-state index contributed by atoms with van der Waals surface area (Å²) in [6.07, 6.45) is 0. The number of anilines is 1. The minimum Gasteiger partial charge on any atom is -0.507 e. The molecule has 0 radical (unpaired) electrons. The second-order valence-corrected chi connectivity index (χ2v) is 8.31. The van der Waals surface area contributed by atoms with Crippen LogP contribution in [-0.2, 0) is 9.59 Å². The van der Waals surface area contributed by atoms with Gasteiger partial charge in [0.25, 0.3) is 11.7 Å². The quantitative estimate of drug-likeness (QED) is 0.267. The van der Waals surface area contributed by atoms with Gasteiger partial charge in [-0.2, -0.15) is 0 Å². The van der Waals surface area contributed by atoms with Crippen molar-refractivity contribution in [2.45, 2.75) is 6.04 Å². The Bertz CT molecular complexity index is 1260. The number of benzene rings is 3. The summed E-state index contributed by atoms with van der Waals surface area (Å²) in [7, 11) is 1.50. The second kappa shape index (κ2) is 8.76. The Morgan fingerprint density at radius 1 is 1.09 bits per heavy atom. The molecule has 1 fully saturated rings. The molecule has 5 nitrogen and oxygen atoms in total. The number of aliphatic hydroxyl groups is 1. The average Bonchev–Trinajstić information content (AvgIpc) is 3.04. The van der Waals surface area contributed by atoms with Crippen LogP contribution in [0, 0.1) is 5.82 Å². The lowest BCUT2D eigenvalue weighted by Crippen LogP contribution is -2.29. The van der Waals surface area contributed by atoms with Gasteiger partial charge < -0.3 is 9.84 Å². The fourth-order valence-electron chi connectivity index (χ4n) is 3.66. The molecular formula is C24H16BrClFNO4. The Balaban J connectivity index is 1.96. The fourth-order valence-corrected chi connectivity index (χ4v) is 4.33. The highest BCUT2D eigenvalue weighted by Gasteiger charge is 2.47. The van der Waals surface area contributed by atoms with Crippen molar-refractivity contribution in [3.8, 4) is 5.75 Å². The van der Waals surface area contributed by atoms with Crippen molar-refractivity contribution < 1.29 is 23.8 Å². The van der Waals surface area contributed by atoms with E-state index in [0.717, 1.165) is 0 Å². The molecular weight excluding hydrogens is 501 g/mol. The monoisotopic (exact) mass is 515 g/mol. The number of aliphatic hydroxyl groups excluding tert-OH is 1. The minimum atomic E-state index is -1.17. The number of carbonyl (C=O) groups is 2. The number of nitrogens with zero attached hydrogens (tertiary/aromatic N) is 1. The van der Waals surface area contributed by atoms with Crippen LogP contribution < -0.4 is 9.64 Å². The molecule has 1 saturated heterocycles. The molecule has 0 saturated carbocycles. The first kappa shape index (κ1) is 22.0. The minimum absolute atomic E-state index is 0.0794. The van der Waals surface area contributed by atoms with E-state index in [9.17, 15) is 19.1 Å². The van der Waals surface area contributed by atoms with Crippen LogP contribution in [0.4, 0.5) is 10.1 Å². The lowest BCUT2D eigenvalue weighted by molar-refractivity contribution is -0.132. The van der Waals surface area contributed by atoms with Crippen LogP contribution in [0.3, 0.4) is 0 Å². The van der Waals surface area contributed by atoms with Gasteiger partial charge in [0.1, 0.15) is 17.3 Å². The van der Waals surface area contributed by atoms with Gasteiger partial charge in [-0.15, -0.1) is 0 Å². The molecule has 0 spiro atoms. The molecule has 1 N–H and O–H groups in total. The van der Waals surface area contributed by atoms with Crippen LogP contribution in [0.25, 0.3) is 5.76 Å². The molecule has 1 heterocycles. The summed E-state index contributed by atoms with van der Waals surface area (Å²) in [4.78, 5) is 27.3. The van der Waals surface area contributed by atoms with Gasteiger partial charge in [-0.3, -0.25) is 14.5 Å². The van der Waals surface area contributed by atoms with Gasteiger partial charge in [0.15, 0.2) is 0 Å². The molecule has 4 rings (SSSR count). The topological polar surface area (TPSA) is 66.8 Å². The molecule has 1 unspecified atom stereocenters. The van der Waals surface area contributed by atoms with Gasteiger partial charge in [0.05, 0.1) is 23.2 Å². The van der Waals surface area contributed by atoms with Gasteiger partial charge in [-0.25, -0.2) is 4.39 Å². The molecule has 8 heteroatoms. The smallest absolute Gasteiger partial charge is 0.300 e. The lowest BCUT2D eigenvalue weighted by Gasteiger charge is -2.25. The van der Waals surface area contributed by atoms with E-state index in [4.69, 9.17) is 16.3 Å². The van der Waals surface area contributed by atoms with Crippen LogP contribution in [0.5, 0.6) is 5.75 Å². The molecule has 0 aromatic heterocycles. The number of ether oxygens (including phenoxy) is 1. The van der Waals surface area contributed by atoms with Crippen molar-refractivity contribution >= 4 is 50.7 Å². The van der Waals surface area contributed by atoms with Gasteiger partial charge >= 0.3 is 0 Å². The number of hydrogen-bond donors (Lipinski definition) is 1. The molecule has 162 valence electrons. The Morgan fingerprint density at radius 3 is 2.41 bits per heavy atom. The van der Waals surface area contributed by atoms with Gasteiger partial charge in [0.2, 0.25) is 0 Å². The van der Waals surface area contributed by atoms with E-state index in [1.807, 2.05) is 0 Å². The predicted molar refractivity (Wildman–Crippen MR) is 123 cm³/mol. The number of halogens is 3. The van der Waals surface area contributed by atoms with E-state index in [0.29, 0.717) is 20.9 Å². The van der Waals surface area contributed by atoms with Crippen molar-refractivity contribution in [2.75, 3.05) is 12.0 Å². The van der Waals surface area contributed by atoms with Crippen LogP contribution in [-0.4, -0.2) is 23.9 Å². The van der Waals surface area contributed by atoms with Crippen molar-refractivity contribution in [2.24, 2.45) is 0 Å². The Kier molecular flexibility index (Phi) is 6.04. The van der Waals surface area contributed by atoms with E-state index in [2.05, 4.69) is 15.9 Å². The summed E-state index contributed by atoms with van der Waals surface area (Å²) >= 11 is 9.31. The summed E-state index contributed by atoms with van der Waals surface area (Å²) < 4.78 is 20.6. The highest BCUT2D eigenvalue weighted by atomic mass is 79.9. The average molecular weight is 517 g/mol. The number of ketones is 1. The maximum absolute atomic E-state index is 14.9.